The fraction of sp³-hybridized carbons (Fsp3) is 0.273. The van der Waals surface area contributed by atoms with Gasteiger partial charge in [0.05, 0.1) is 0 Å². The number of carboxylic acids is 2. The lowest BCUT2D eigenvalue weighted by Gasteiger charge is -2.34. The summed E-state index contributed by atoms with van der Waals surface area (Å²) in [6, 6.07) is 18.7. The van der Waals surface area contributed by atoms with Gasteiger partial charge in [-0.15, -0.1) is 0 Å². The second-order valence-electron chi connectivity index (χ2n) is 6.63. The minimum atomic E-state index is -1.82. The van der Waals surface area contributed by atoms with Crippen LogP contribution >= 0.6 is 11.6 Å². The normalized spacial score (nSPS) is 14.9. The minimum Gasteiger partial charge on any atom is -0.473 e. The molecule has 0 spiro atoms. The van der Waals surface area contributed by atoms with Crippen molar-refractivity contribution >= 4 is 29.6 Å². The SMILES string of the molecule is Clc1ccc(CN2CCN(C/C=C/c3ccccc3)CC2)cc1.O=C(O)C(=O)O. The highest BCUT2D eigenvalue weighted by molar-refractivity contribution is 6.30. The number of piperazine rings is 1. The number of nitrogens with zero attached hydrogens (tertiary/aromatic N) is 2. The van der Waals surface area contributed by atoms with E-state index in [1.807, 2.05) is 12.1 Å². The van der Waals surface area contributed by atoms with Gasteiger partial charge in [0.15, 0.2) is 0 Å². The first-order valence-corrected chi connectivity index (χ1v) is 9.69. The smallest absolute Gasteiger partial charge is 0.414 e. The van der Waals surface area contributed by atoms with Crippen molar-refractivity contribution in [3.05, 3.63) is 76.8 Å². The zero-order valence-electron chi connectivity index (χ0n) is 16.1. The van der Waals surface area contributed by atoms with Crippen LogP contribution in [0.15, 0.2) is 60.7 Å². The van der Waals surface area contributed by atoms with Crippen LogP contribution in [0.5, 0.6) is 0 Å². The minimum absolute atomic E-state index is 0.809. The quantitative estimate of drug-likeness (QED) is 0.728. The average Bonchev–Trinajstić information content (AvgIpc) is 2.72. The molecular weight excluding hydrogens is 392 g/mol. The molecule has 6 nitrogen and oxygen atoms in total. The monoisotopic (exact) mass is 416 g/mol. The van der Waals surface area contributed by atoms with Crippen molar-refractivity contribution in [3.63, 3.8) is 0 Å². The zero-order chi connectivity index (χ0) is 21.1. The molecule has 7 heteroatoms. The highest BCUT2D eigenvalue weighted by Gasteiger charge is 2.15. The first-order chi connectivity index (χ1) is 13.9. The van der Waals surface area contributed by atoms with E-state index in [1.54, 1.807) is 0 Å². The molecule has 2 aromatic rings. The molecule has 0 saturated carbocycles. The summed E-state index contributed by atoms with van der Waals surface area (Å²) in [5, 5.41) is 15.6. The second-order valence-corrected chi connectivity index (χ2v) is 7.06. The fourth-order valence-corrected chi connectivity index (χ4v) is 3.01. The molecular formula is C22H25ClN2O4. The lowest BCUT2D eigenvalue weighted by Crippen LogP contribution is -2.45. The van der Waals surface area contributed by atoms with Gasteiger partial charge in [0.25, 0.3) is 0 Å². The molecule has 1 saturated heterocycles. The molecule has 2 aromatic carbocycles. The van der Waals surface area contributed by atoms with Crippen LogP contribution in [0.1, 0.15) is 11.1 Å². The Morgan fingerprint density at radius 2 is 1.41 bits per heavy atom. The van der Waals surface area contributed by atoms with Gasteiger partial charge in [-0.3, -0.25) is 9.80 Å². The molecule has 0 unspecified atom stereocenters. The molecule has 0 amide bonds. The Morgan fingerprint density at radius 1 is 0.862 bits per heavy atom. The van der Waals surface area contributed by atoms with Gasteiger partial charge in [0.2, 0.25) is 0 Å². The lowest BCUT2D eigenvalue weighted by molar-refractivity contribution is -0.159. The van der Waals surface area contributed by atoms with E-state index in [-0.39, 0.29) is 0 Å². The van der Waals surface area contributed by atoms with E-state index in [9.17, 15) is 0 Å². The predicted molar refractivity (Wildman–Crippen MR) is 114 cm³/mol. The Bertz CT molecular complexity index is 789. The summed E-state index contributed by atoms with van der Waals surface area (Å²) >= 11 is 5.94. The van der Waals surface area contributed by atoms with Gasteiger partial charge in [-0.2, -0.15) is 0 Å². The van der Waals surface area contributed by atoms with Crippen molar-refractivity contribution in [1.82, 2.24) is 9.80 Å². The number of rotatable bonds is 5. The van der Waals surface area contributed by atoms with Crippen LogP contribution in [0.2, 0.25) is 5.02 Å². The summed E-state index contributed by atoms with van der Waals surface area (Å²) in [5.41, 5.74) is 2.61. The lowest BCUT2D eigenvalue weighted by atomic mass is 10.2. The molecule has 0 bridgehead atoms. The van der Waals surface area contributed by atoms with Crippen molar-refractivity contribution < 1.29 is 19.8 Å². The molecule has 1 heterocycles. The van der Waals surface area contributed by atoms with E-state index >= 15 is 0 Å². The number of carbonyl (C=O) groups is 2. The highest BCUT2D eigenvalue weighted by Crippen LogP contribution is 2.13. The molecule has 0 atom stereocenters. The number of aliphatic carboxylic acids is 2. The van der Waals surface area contributed by atoms with E-state index < -0.39 is 11.9 Å². The Balaban J connectivity index is 0.000000438. The number of halogens is 1. The highest BCUT2D eigenvalue weighted by atomic mass is 35.5. The molecule has 0 aromatic heterocycles. The van der Waals surface area contributed by atoms with Gasteiger partial charge in [-0.05, 0) is 23.3 Å². The van der Waals surface area contributed by atoms with Crippen molar-refractivity contribution in [1.29, 1.82) is 0 Å². The Hall–Kier alpha value is -2.67. The average molecular weight is 417 g/mol. The molecule has 1 aliphatic heterocycles. The van der Waals surface area contributed by atoms with Gasteiger partial charge >= 0.3 is 11.9 Å². The Labute approximate surface area is 175 Å². The molecule has 1 fully saturated rings. The Morgan fingerprint density at radius 3 is 1.97 bits per heavy atom. The van der Waals surface area contributed by atoms with Gasteiger partial charge in [-0.1, -0.05) is 66.2 Å². The fourth-order valence-electron chi connectivity index (χ4n) is 2.88. The third-order valence-electron chi connectivity index (χ3n) is 4.44. The summed E-state index contributed by atoms with van der Waals surface area (Å²) in [5.74, 6) is -3.65. The van der Waals surface area contributed by atoms with Crippen LogP contribution in [0.25, 0.3) is 6.08 Å². The van der Waals surface area contributed by atoms with Crippen molar-refractivity contribution in [3.8, 4) is 0 Å². The van der Waals surface area contributed by atoms with Crippen molar-refractivity contribution in [2.45, 2.75) is 6.54 Å². The van der Waals surface area contributed by atoms with E-state index in [2.05, 4.69) is 64.4 Å². The van der Waals surface area contributed by atoms with E-state index in [4.69, 9.17) is 31.4 Å². The Kier molecular flexibility index (Phi) is 9.37. The molecule has 0 aliphatic carbocycles. The standard InChI is InChI=1S/C20H23ClN2.C2H2O4/c21-20-10-8-19(9-11-20)17-23-15-13-22(14-16-23)12-4-7-18-5-2-1-3-6-18;3-1(4)2(5)6/h1-11H,12-17H2;(H,3,4)(H,5,6)/b7-4+;. The van der Waals surface area contributed by atoms with Crippen LogP contribution in [0.4, 0.5) is 0 Å². The number of carboxylic acid groups (broad SMARTS) is 2. The molecule has 0 radical (unpaired) electrons. The number of hydrogen-bond donors (Lipinski definition) is 2. The van der Waals surface area contributed by atoms with Crippen LogP contribution in [0, 0.1) is 0 Å². The van der Waals surface area contributed by atoms with Gasteiger partial charge in [0.1, 0.15) is 0 Å². The summed E-state index contributed by atoms with van der Waals surface area (Å²) in [4.78, 5) is 23.2. The molecule has 2 N–H and O–H groups in total. The predicted octanol–water partition coefficient (Wildman–Crippen LogP) is 3.33. The van der Waals surface area contributed by atoms with E-state index in [0.717, 1.165) is 44.3 Å². The maximum absolute atomic E-state index is 9.10. The van der Waals surface area contributed by atoms with Gasteiger partial charge in [0, 0.05) is 44.3 Å². The van der Waals surface area contributed by atoms with E-state index in [1.165, 1.54) is 11.1 Å². The first kappa shape index (κ1) is 22.6. The van der Waals surface area contributed by atoms with E-state index in [0.29, 0.717) is 0 Å². The number of benzene rings is 2. The second kappa shape index (κ2) is 12.0. The largest absolute Gasteiger partial charge is 0.473 e. The van der Waals surface area contributed by atoms with Crippen LogP contribution in [0.3, 0.4) is 0 Å². The van der Waals surface area contributed by atoms with Crippen molar-refractivity contribution in [2.24, 2.45) is 0 Å². The summed E-state index contributed by atoms with van der Waals surface area (Å²) < 4.78 is 0. The van der Waals surface area contributed by atoms with Crippen LogP contribution < -0.4 is 0 Å². The van der Waals surface area contributed by atoms with Crippen LogP contribution in [-0.2, 0) is 16.1 Å². The van der Waals surface area contributed by atoms with Gasteiger partial charge in [-0.25, -0.2) is 9.59 Å². The summed E-state index contributed by atoms with van der Waals surface area (Å²) in [7, 11) is 0. The zero-order valence-corrected chi connectivity index (χ0v) is 16.8. The van der Waals surface area contributed by atoms with Crippen molar-refractivity contribution in [2.75, 3.05) is 32.7 Å². The summed E-state index contributed by atoms with van der Waals surface area (Å²) in [6.07, 6.45) is 4.48. The molecule has 1 aliphatic rings. The molecule has 154 valence electrons. The summed E-state index contributed by atoms with van der Waals surface area (Å²) in [6.45, 7) is 6.57. The first-order valence-electron chi connectivity index (χ1n) is 9.31. The maximum Gasteiger partial charge on any atom is 0.414 e. The third kappa shape index (κ3) is 8.91. The van der Waals surface area contributed by atoms with Gasteiger partial charge < -0.3 is 10.2 Å². The third-order valence-corrected chi connectivity index (χ3v) is 4.69. The topological polar surface area (TPSA) is 81.1 Å². The molecule has 29 heavy (non-hydrogen) atoms. The van der Waals surface area contributed by atoms with Crippen LogP contribution in [-0.4, -0.2) is 64.7 Å². The molecule has 3 rings (SSSR count). The number of hydrogen-bond acceptors (Lipinski definition) is 4. The maximum atomic E-state index is 9.10.